The number of nitrogens with one attached hydrogen (secondary N) is 1. The van der Waals surface area contributed by atoms with Crippen molar-refractivity contribution in [2.24, 2.45) is 7.05 Å². The van der Waals surface area contributed by atoms with Gasteiger partial charge in [0.2, 0.25) is 0 Å². The highest BCUT2D eigenvalue weighted by molar-refractivity contribution is 6.30. The fourth-order valence-electron chi connectivity index (χ4n) is 1.27. The summed E-state index contributed by atoms with van der Waals surface area (Å²) in [5.41, 5.74) is 0.551. The van der Waals surface area contributed by atoms with E-state index in [1.165, 1.54) is 0 Å². The number of halogens is 1. The Morgan fingerprint density at radius 1 is 1.31 bits per heavy atom. The van der Waals surface area contributed by atoms with Crippen LogP contribution in [0.5, 0.6) is 0 Å². The third kappa shape index (κ3) is 2.41. The van der Waals surface area contributed by atoms with Gasteiger partial charge in [-0.15, -0.1) is 0 Å². The van der Waals surface area contributed by atoms with Crippen molar-refractivity contribution >= 4 is 23.3 Å². The highest BCUT2D eigenvalue weighted by Gasteiger charge is 2.06. The van der Waals surface area contributed by atoms with Crippen LogP contribution < -0.4 is 5.32 Å². The normalized spacial score (nSPS) is 10.1. The molecule has 2 rings (SSSR count). The molecule has 1 aromatic carbocycles. The monoisotopic (exact) mass is 235 g/mol. The molecule has 0 radical (unpaired) electrons. The molecule has 5 heteroatoms. The molecule has 1 aromatic heterocycles. The van der Waals surface area contributed by atoms with Gasteiger partial charge in [0, 0.05) is 29.9 Å². The van der Waals surface area contributed by atoms with Crippen molar-refractivity contribution in [3.05, 3.63) is 47.1 Å². The number of benzene rings is 1. The Labute approximate surface area is 97.8 Å². The zero-order valence-electron chi connectivity index (χ0n) is 8.64. The van der Waals surface area contributed by atoms with Crippen molar-refractivity contribution in [1.29, 1.82) is 0 Å². The second-order valence-corrected chi connectivity index (χ2v) is 3.77. The first kappa shape index (κ1) is 10.7. The van der Waals surface area contributed by atoms with E-state index < -0.39 is 0 Å². The maximum absolute atomic E-state index is 11.7. The number of hydrogen-bond donors (Lipinski definition) is 1. The molecule has 1 amide bonds. The lowest BCUT2D eigenvalue weighted by atomic mass is 10.2. The minimum Gasteiger partial charge on any atom is -0.305 e. The zero-order chi connectivity index (χ0) is 11.5. The van der Waals surface area contributed by atoms with Crippen LogP contribution in [0.4, 0.5) is 5.82 Å². The van der Waals surface area contributed by atoms with Gasteiger partial charge in [0.1, 0.15) is 0 Å². The summed E-state index contributed by atoms with van der Waals surface area (Å²) in [7, 11) is 1.79. The summed E-state index contributed by atoms with van der Waals surface area (Å²) in [5, 5.41) is 7.34. The molecular weight excluding hydrogens is 226 g/mol. The van der Waals surface area contributed by atoms with Crippen LogP contribution in [-0.4, -0.2) is 15.7 Å². The predicted molar refractivity (Wildman–Crippen MR) is 62.6 cm³/mol. The number of rotatable bonds is 2. The van der Waals surface area contributed by atoms with Crippen LogP contribution in [0.25, 0.3) is 0 Å². The summed E-state index contributed by atoms with van der Waals surface area (Å²) < 4.78 is 1.62. The smallest absolute Gasteiger partial charge is 0.256 e. The molecule has 0 fully saturated rings. The van der Waals surface area contributed by atoms with Gasteiger partial charge in [-0.05, 0) is 24.3 Å². The number of amides is 1. The summed E-state index contributed by atoms with van der Waals surface area (Å²) in [5.74, 6) is 0.331. The van der Waals surface area contributed by atoms with Gasteiger partial charge in [0.05, 0.1) is 0 Å². The number of nitrogens with zero attached hydrogens (tertiary/aromatic N) is 2. The molecule has 1 N–H and O–H groups in total. The molecule has 0 bridgehead atoms. The molecule has 0 aliphatic carbocycles. The fourth-order valence-corrected chi connectivity index (χ4v) is 1.40. The minimum atomic E-state index is -0.199. The second-order valence-electron chi connectivity index (χ2n) is 3.34. The molecular formula is C11H10ClN3O. The quantitative estimate of drug-likeness (QED) is 0.869. The van der Waals surface area contributed by atoms with Crippen LogP contribution in [-0.2, 0) is 7.05 Å². The molecule has 16 heavy (non-hydrogen) atoms. The highest BCUT2D eigenvalue weighted by Crippen LogP contribution is 2.11. The van der Waals surface area contributed by atoms with Gasteiger partial charge >= 0.3 is 0 Å². The third-order valence-corrected chi connectivity index (χ3v) is 2.31. The van der Waals surface area contributed by atoms with E-state index in [4.69, 9.17) is 11.6 Å². The Bertz CT molecular complexity index is 504. The lowest BCUT2D eigenvalue weighted by Gasteiger charge is -2.01. The van der Waals surface area contributed by atoms with Crippen LogP contribution in [0.2, 0.25) is 5.02 Å². The van der Waals surface area contributed by atoms with E-state index in [9.17, 15) is 4.79 Å². The largest absolute Gasteiger partial charge is 0.305 e. The van der Waals surface area contributed by atoms with Crippen LogP contribution in [0, 0.1) is 0 Å². The SMILES string of the molecule is Cn1ccc(NC(=O)c2ccc(Cl)cc2)n1. The van der Waals surface area contributed by atoms with Crippen molar-refractivity contribution in [3.8, 4) is 0 Å². The van der Waals surface area contributed by atoms with E-state index in [0.717, 1.165) is 0 Å². The van der Waals surface area contributed by atoms with Crippen molar-refractivity contribution in [2.45, 2.75) is 0 Å². The molecule has 1 heterocycles. The standard InChI is InChI=1S/C11H10ClN3O/c1-15-7-6-10(14-15)13-11(16)8-2-4-9(12)5-3-8/h2-7H,1H3,(H,13,14,16). The number of carbonyl (C=O) groups excluding carboxylic acids is 1. The maximum Gasteiger partial charge on any atom is 0.256 e. The Hall–Kier alpha value is -1.81. The number of hydrogen-bond acceptors (Lipinski definition) is 2. The van der Waals surface area contributed by atoms with Gasteiger partial charge in [-0.25, -0.2) is 0 Å². The van der Waals surface area contributed by atoms with Gasteiger partial charge in [-0.3, -0.25) is 9.48 Å². The lowest BCUT2D eigenvalue weighted by molar-refractivity contribution is 0.102. The molecule has 0 aliphatic rings. The van der Waals surface area contributed by atoms with Crippen molar-refractivity contribution in [2.75, 3.05) is 5.32 Å². The first-order valence-corrected chi connectivity index (χ1v) is 5.09. The second kappa shape index (κ2) is 4.37. The summed E-state index contributed by atoms with van der Waals surface area (Å²) in [4.78, 5) is 11.7. The summed E-state index contributed by atoms with van der Waals surface area (Å²) >= 11 is 5.73. The van der Waals surface area contributed by atoms with Crippen LogP contribution in [0.1, 0.15) is 10.4 Å². The van der Waals surface area contributed by atoms with Gasteiger partial charge in [0.15, 0.2) is 5.82 Å². The van der Waals surface area contributed by atoms with E-state index >= 15 is 0 Å². The number of carbonyl (C=O) groups is 1. The Morgan fingerprint density at radius 3 is 2.56 bits per heavy atom. The molecule has 0 saturated carbocycles. The van der Waals surface area contributed by atoms with Crippen molar-refractivity contribution in [1.82, 2.24) is 9.78 Å². The van der Waals surface area contributed by atoms with Gasteiger partial charge in [0.25, 0.3) is 5.91 Å². The molecule has 0 unspecified atom stereocenters. The highest BCUT2D eigenvalue weighted by atomic mass is 35.5. The van der Waals surface area contributed by atoms with Gasteiger partial charge in [-0.2, -0.15) is 5.10 Å². The molecule has 2 aromatic rings. The molecule has 0 aliphatic heterocycles. The summed E-state index contributed by atoms with van der Waals surface area (Å²) in [6.07, 6.45) is 1.76. The van der Waals surface area contributed by atoms with Gasteiger partial charge < -0.3 is 5.32 Å². The molecule has 0 atom stereocenters. The maximum atomic E-state index is 11.7. The van der Waals surface area contributed by atoms with Crippen LogP contribution in [0.3, 0.4) is 0 Å². The van der Waals surface area contributed by atoms with E-state index in [1.54, 1.807) is 48.3 Å². The Kier molecular flexibility index (Phi) is 2.92. The summed E-state index contributed by atoms with van der Waals surface area (Å²) in [6.45, 7) is 0. The number of aromatic nitrogens is 2. The fraction of sp³-hybridized carbons (Fsp3) is 0.0909. The van der Waals surface area contributed by atoms with Crippen LogP contribution >= 0.6 is 11.6 Å². The first-order valence-electron chi connectivity index (χ1n) is 4.72. The molecule has 0 spiro atoms. The van der Waals surface area contributed by atoms with Crippen LogP contribution in [0.15, 0.2) is 36.5 Å². The topological polar surface area (TPSA) is 46.9 Å². The lowest BCUT2D eigenvalue weighted by Crippen LogP contribution is -2.12. The van der Waals surface area contributed by atoms with E-state index in [1.807, 2.05) is 0 Å². The first-order chi connectivity index (χ1) is 7.65. The molecule has 4 nitrogen and oxygen atoms in total. The third-order valence-electron chi connectivity index (χ3n) is 2.06. The van der Waals surface area contributed by atoms with Crippen molar-refractivity contribution in [3.63, 3.8) is 0 Å². The van der Waals surface area contributed by atoms with Gasteiger partial charge in [-0.1, -0.05) is 11.6 Å². The minimum absolute atomic E-state index is 0.199. The van der Waals surface area contributed by atoms with E-state index in [0.29, 0.717) is 16.4 Å². The average molecular weight is 236 g/mol. The summed E-state index contributed by atoms with van der Waals surface area (Å²) in [6, 6.07) is 8.42. The number of aryl methyl sites for hydroxylation is 1. The molecule has 82 valence electrons. The van der Waals surface area contributed by atoms with E-state index in [-0.39, 0.29) is 5.91 Å². The average Bonchev–Trinajstić information content (AvgIpc) is 2.65. The Balaban J connectivity index is 2.11. The zero-order valence-corrected chi connectivity index (χ0v) is 9.40. The predicted octanol–water partition coefficient (Wildman–Crippen LogP) is 2.33. The molecule has 0 saturated heterocycles. The number of anilines is 1. The van der Waals surface area contributed by atoms with E-state index in [2.05, 4.69) is 10.4 Å². The van der Waals surface area contributed by atoms with Crippen molar-refractivity contribution < 1.29 is 4.79 Å². The Morgan fingerprint density at radius 2 is 2.00 bits per heavy atom.